The van der Waals surface area contributed by atoms with Gasteiger partial charge in [-0.3, -0.25) is 0 Å². The minimum Gasteiger partial charge on any atom is -0.477 e. The predicted octanol–water partition coefficient (Wildman–Crippen LogP) is 2.18. The van der Waals surface area contributed by atoms with Gasteiger partial charge in [0, 0.05) is 11.8 Å². The Morgan fingerprint density at radius 3 is 2.93 bits per heavy atom. The molecule has 0 bridgehead atoms. The lowest BCUT2D eigenvalue weighted by Gasteiger charge is -2.12. The van der Waals surface area contributed by atoms with Crippen molar-refractivity contribution < 1.29 is 4.74 Å². The Balaban J connectivity index is 2.53. The summed E-state index contributed by atoms with van der Waals surface area (Å²) in [5.41, 5.74) is 6.41. The molecule has 2 N–H and O–H groups in total. The van der Waals surface area contributed by atoms with Crippen molar-refractivity contribution in [2.24, 2.45) is 5.92 Å². The zero-order chi connectivity index (χ0) is 11.3. The average molecular weight is 209 g/mol. The Morgan fingerprint density at radius 2 is 2.27 bits per heavy atom. The van der Waals surface area contributed by atoms with Crippen LogP contribution in [0.5, 0.6) is 5.88 Å². The van der Waals surface area contributed by atoms with Crippen molar-refractivity contribution in [1.29, 1.82) is 0 Å². The van der Waals surface area contributed by atoms with Gasteiger partial charge >= 0.3 is 0 Å². The molecule has 0 saturated carbocycles. The van der Waals surface area contributed by atoms with E-state index in [2.05, 4.69) is 23.8 Å². The number of rotatable bonds is 5. The van der Waals surface area contributed by atoms with Crippen LogP contribution in [0.15, 0.2) is 6.20 Å². The lowest BCUT2D eigenvalue weighted by atomic mass is 10.1. The monoisotopic (exact) mass is 209 g/mol. The largest absolute Gasteiger partial charge is 0.477 e. The van der Waals surface area contributed by atoms with E-state index in [0.29, 0.717) is 18.4 Å². The molecular weight excluding hydrogens is 190 g/mol. The van der Waals surface area contributed by atoms with Crippen molar-refractivity contribution in [2.45, 2.75) is 33.6 Å². The van der Waals surface area contributed by atoms with E-state index >= 15 is 0 Å². The minimum absolute atomic E-state index is 0.263. The fourth-order valence-electron chi connectivity index (χ4n) is 1.38. The number of hydrogen-bond donors (Lipinski definition) is 1. The summed E-state index contributed by atoms with van der Waals surface area (Å²) in [6.45, 7) is 6.94. The summed E-state index contributed by atoms with van der Waals surface area (Å²) in [5, 5.41) is 0. The third kappa shape index (κ3) is 3.73. The number of hydrogen-bond acceptors (Lipinski definition) is 4. The van der Waals surface area contributed by atoms with Crippen molar-refractivity contribution >= 4 is 5.95 Å². The quantitative estimate of drug-likeness (QED) is 0.807. The normalized spacial score (nSPS) is 12.5. The van der Waals surface area contributed by atoms with Gasteiger partial charge < -0.3 is 10.5 Å². The lowest BCUT2D eigenvalue weighted by molar-refractivity contribution is 0.241. The summed E-state index contributed by atoms with van der Waals surface area (Å²) in [7, 11) is 0. The van der Waals surface area contributed by atoms with Gasteiger partial charge in [-0.1, -0.05) is 20.3 Å². The van der Waals surface area contributed by atoms with E-state index in [-0.39, 0.29) is 5.95 Å². The van der Waals surface area contributed by atoms with Crippen LogP contribution in [0.2, 0.25) is 0 Å². The number of anilines is 1. The number of nitrogens with zero attached hydrogens (tertiary/aromatic N) is 2. The van der Waals surface area contributed by atoms with E-state index < -0.39 is 0 Å². The van der Waals surface area contributed by atoms with Crippen molar-refractivity contribution in [3.63, 3.8) is 0 Å². The number of nitrogens with two attached hydrogens (primary N) is 1. The van der Waals surface area contributed by atoms with Crippen LogP contribution in [-0.2, 0) is 0 Å². The molecular formula is C11H19N3O. The Morgan fingerprint density at radius 1 is 1.53 bits per heavy atom. The van der Waals surface area contributed by atoms with E-state index in [1.807, 2.05) is 6.92 Å². The maximum absolute atomic E-state index is 5.60. The van der Waals surface area contributed by atoms with Crippen molar-refractivity contribution in [3.8, 4) is 5.88 Å². The third-order valence-corrected chi connectivity index (χ3v) is 2.23. The molecule has 4 heteroatoms. The topological polar surface area (TPSA) is 61.0 Å². The van der Waals surface area contributed by atoms with Gasteiger partial charge in [-0.05, 0) is 19.3 Å². The van der Waals surface area contributed by atoms with Crippen molar-refractivity contribution in [1.82, 2.24) is 9.97 Å². The molecule has 0 aliphatic carbocycles. The Kier molecular flexibility index (Phi) is 4.34. The molecule has 1 rings (SSSR count). The molecule has 0 saturated heterocycles. The van der Waals surface area contributed by atoms with Crippen LogP contribution in [0, 0.1) is 12.8 Å². The number of aryl methyl sites for hydroxylation is 1. The number of aromatic nitrogens is 2. The molecule has 0 aliphatic rings. The SMILES string of the molecule is CCCC(C)COc1nc(N)ncc1C. The van der Waals surface area contributed by atoms with Gasteiger partial charge in [0.05, 0.1) is 6.61 Å². The molecule has 0 radical (unpaired) electrons. The van der Waals surface area contributed by atoms with Crippen LogP contribution in [0.25, 0.3) is 0 Å². The van der Waals surface area contributed by atoms with Crippen LogP contribution in [0.1, 0.15) is 32.3 Å². The van der Waals surface area contributed by atoms with Gasteiger partial charge in [-0.25, -0.2) is 4.98 Å². The molecule has 1 unspecified atom stereocenters. The van der Waals surface area contributed by atoms with Gasteiger partial charge in [0.1, 0.15) is 0 Å². The van der Waals surface area contributed by atoms with E-state index in [1.54, 1.807) is 6.20 Å². The first-order valence-corrected chi connectivity index (χ1v) is 5.35. The Labute approximate surface area is 90.9 Å². The molecule has 0 spiro atoms. The molecule has 1 aromatic heterocycles. The summed E-state index contributed by atoms with van der Waals surface area (Å²) in [5.74, 6) is 1.41. The molecule has 1 heterocycles. The van der Waals surface area contributed by atoms with E-state index in [0.717, 1.165) is 5.56 Å². The molecule has 1 atom stereocenters. The molecule has 0 amide bonds. The van der Waals surface area contributed by atoms with E-state index in [9.17, 15) is 0 Å². The first-order valence-electron chi connectivity index (χ1n) is 5.35. The third-order valence-electron chi connectivity index (χ3n) is 2.23. The first-order chi connectivity index (χ1) is 7.13. The summed E-state index contributed by atoms with van der Waals surface area (Å²) in [4.78, 5) is 7.94. The lowest BCUT2D eigenvalue weighted by Crippen LogP contribution is -2.10. The van der Waals surface area contributed by atoms with Crippen LogP contribution in [-0.4, -0.2) is 16.6 Å². The van der Waals surface area contributed by atoms with Crippen LogP contribution < -0.4 is 10.5 Å². The predicted molar refractivity (Wildman–Crippen MR) is 60.7 cm³/mol. The second-order valence-corrected chi connectivity index (χ2v) is 3.92. The number of ether oxygens (including phenoxy) is 1. The van der Waals surface area contributed by atoms with Crippen LogP contribution >= 0.6 is 0 Å². The summed E-state index contributed by atoms with van der Waals surface area (Å²) in [6.07, 6.45) is 4.02. The Bertz CT molecular complexity index is 315. The highest BCUT2D eigenvalue weighted by Crippen LogP contribution is 2.15. The zero-order valence-corrected chi connectivity index (χ0v) is 9.66. The smallest absolute Gasteiger partial charge is 0.223 e. The van der Waals surface area contributed by atoms with Gasteiger partial charge in [-0.2, -0.15) is 4.98 Å². The fraction of sp³-hybridized carbons (Fsp3) is 0.636. The highest BCUT2D eigenvalue weighted by Gasteiger charge is 2.06. The Hall–Kier alpha value is -1.32. The van der Waals surface area contributed by atoms with Gasteiger partial charge in [0.15, 0.2) is 0 Å². The minimum atomic E-state index is 0.263. The molecule has 0 aliphatic heterocycles. The molecule has 0 aromatic carbocycles. The average Bonchev–Trinajstić information content (AvgIpc) is 2.20. The zero-order valence-electron chi connectivity index (χ0n) is 9.66. The fourth-order valence-corrected chi connectivity index (χ4v) is 1.38. The van der Waals surface area contributed by atoms with Gasteiger partial charge in [0.2, 0.25) is 11.8 Å². The maximum atomic E-state index is 5.60. The number of nitrogen functional groups attached to an aromatic ring is 1. The molecule has 84 valence electrons. The maximum Gasteiger partial charge on any atom is 0.223 e. The standard InChI is InChI=1S/C11H19N3O/c1-4-5-8(2)7-15-10-9(3)6-13-11(12)14-10/h6,8H,4-5,7H2,1-3H3,(H2,12,13,14). The molecule has 15 heavy (non-hydrogen) atoms. The van der Waals surface area contributed by atoms with Crippen LogP contribution in [0.4, 0.5) is 5.95 Å². The highest BCUT2D eigenvalue weighted by molar-refractivity contribution is 5.28. The second kappa shape index (κ2) is 5.53. The first kappa shape index (κ1) is 11.8. The highest BCUT2D eigenvalue weighted by atomic mass is 16.5. The summed E-state index contributed by atoms with van der Waals surface area (Å²) >= 11 is 0. The van der Waals surface area contributed by atoms with Crippen LogP contribution in [0.3, 0.4) is 0 Å². The van der Waals surface area contributed by atoms with Gasteiger partial charge in [-0.15, -0.1) is 0 Å². The summed E-state index contributed by atoms with van der Waals surface area (Å²) in [6, 6.07) is 0. The van der Waals surface area contributed by atoms with E-state index in [1.165, 1.54) is 12.8 Å². The van der Waals surface area contributed by atoms with E-state index in [4.69, 9.17) is 10.5 Å². The molecule has 4 nitrogen and oxygen atoms in total. The van der Waals surface area contributed by atoms with Crippen molar-refractivity contribution in [2.75, 3.05) is 12.3 Å². The summed E-state index contributed by atoms with van der Waals surface area (Å²) < 4.78 is 5.60. The molecule has 1 aromatic rings. The second-order valence-electron chi connectivity index (χ2n) is 3.92. The van der Waals surface area contributed by atoms with Crippen molar-refractivity contribution in [3.05, 3.63) is 11.8 Å². The molecule has 0 fully saturated rings. The van der Waals surface area contributed by atoms with Gasteiger partial charge in [0.25, 0.3) is 0 Å².